The summed E-state index contributed by atoms with van der Waals surface area (Å²) < 4.78 is 18.9. The third-order valence-electron chi connectivity index (χ3n) is 10.3. The van der Waals surface area contributed by atoms with Crippen molar-refractivity contribution < 1.29 is 24.1 Å². The van der Waals surface area contributed by atoms with E-state index in [4.69, 9.17) is 14.2 Å². The van der Waals surface area contributed by atoms with Crippen molar-refractivity contribution in [3.63, 3.8) is 0 Å². The van der Waals surface area contributed by atoms with Crippen LogP contribution in [-0.4, -0.2) is 65.6 Å². The molecule has 7 heteroatoms. The molecule has 2 N–H and O–H groups in total. The highest BCUT2D eigenvalue weighted by Gasteiger charge is 2.82. The predicted molar refractivity (Wildman–Crippen MR) is 136 cm³/mol. The number of carbonyl (C=O) groups is 1. The number of epoxide rings is 1. The summed E-state index contributed by atoms with van der Waals surface area (Å²) in [6, 6.07) is 14.1. The molecule has 2 saturated heterocycles. The molecule has 4 fully saturated rings. The van der Waals surface area contributed by atoms with Crippen molar-refractivity contribution in [2.24, 2.45) is 5.92 Å². The van der Waals surface area contributed by atoms with Gasteiger partial charge < -0.3 is 24.6 Å². The van der Waals surface area contributed by atoms with Gasteiger partial charge in [0.05, 0.1) is 18.1 Å². The number of hydrogen-bond donors (Lipinski definition) is 2. The SMILES string of the molecule is COc1ccc2c3c1OC1C4(CCC5(O)C(C2)N(CC2CC2)CCC315)O[C@@H]4C(=O)NCc1ccccc1. The van der Waals surface area contributed by atoms with Crippen molar-refractivity contribution in [3.05, 3.63) is 59.2 Å². The molecule has 6 atom stereocenters. The number of aliphatic hydroxyl groups is 1. The second-order valence-electron chi connectivity index (χ2n) is 12.1. The summed E-state index contributed by atoms with van der Waals surface area (Å²) in [5.41, 5.74) is 1.17. The lowest BCUT2D eigenvalue weighted by atomic mass is 9.47. The molecule has 2 bridgehead atoms. The van der Waals surface area contributed by atoms with Gasteiger partial charge in [0.2, 0.25) is 0 Å². The minimum atomic E-state index is -0.919. The largest absolute Gasteiger partial charge is 0.493 e. The number of nitrogens with zero attached hydrogens (tertiary/aromatic N) is 1. The fourth-order valence-electron chi connectivity index (χ4n) is 8.39. The van der Waals surface area contributed by atoms with Crippen LogP contribution in [0, 0.1) is 5.92 Å². The van der Waals surface area contributed by atoms with Crippen LogP contribution < -0.4 is 14.8 Å². The Hall–Kier alpha value is -2.61. The molecule has 7 nitrogen and oxygen atoms in total. The number of hydrogen-bond acceptors (Lipinski definition) is 6. The highest BCUT2D eigenvalue weighted by molar-refractivity contribution is 5.85. The number of benzene rings is 2. The van der Waals surface area contributed by atoms with E-state index >= 15 is 0 Å². The van der Waals surface area contributed by atoms with E-state index in [9.17, 15) is 9.90 Å². The molecule has 3 heterocycles. The van der Waals surface area contributed by atoms with E-state index in [-0.39, 0.29) is 11.9 Å². The highest BCUT2D eigenvalue weighted by Crippen LogP contribution is 2.70. The third-order valence-corrected chi connectivity index (χ3v) is 10.3. The molecular formula is C30H34N2O5. The minimum Gasteiger partial charge on any atom is -0.493 e. The molecule has 3 aliphatic heterocycles. The lowest BCUT2D eigenvalue weighted by Gasteiger charge is -2.64. The van der Waals surface area contributed by atoms with Crippen LogP contribution in [0.5, 0.6) is 11.5 Å². The molecule has 3 aliphatic carbocycles. The molecule has 0 aromatic heterocycles. The van der Waals surface area contributed by atoms with E-state index in [1.54, 1.807) is 7.11 Å². The number of piperidine rings is 1. The van der Waals surface area contributed by atoms with E-state index in [1.807, 2.05) is 36.4 Å². The Bertz CT molecular complexity index is 1280. The van der Waals surface area contributed by atoms with E-state index < -0.39 is 28.8 Å². The van der Waals surface area contributed by atoms with Crippen molar-refractivity contribution in [2.75, 3.05) is 20.2 Å². The van der Waals surface area contributed by atoms with Gasteiger partial charge in [0.15, 0.2) is 17.6 Å². The summed E-state index contributed by atoms with van der Waals surface area (Å²) in [7, 11) is 1.67. The maximum Gasteiger partial charge on any atom is 0.252 e. The van der Waals surface area contributed by atoms with Gasteiger partial charge in [-0.05, 0) is 68.2 Å². The van der Waals surface area contributed by atoms with Crippen LogP contribution in [0.2, 0.25) is 0 Å². The molecule has 2 aromatic carbocycles. The minimum absolute atomic E-state index is 0.0567. The molecular weight excluding hydrogens is 468 g/mol. The number of methoxy groups -OCH3 is 1. The first-order chi connectivity index (χ1) is 18.0. The van der Waals surface area contributed by atoms with Gasteiger partial charge >= 0.3 is 0 Å². The van der Waals surface area contributed by atoms with Gasteiger partial charge in [0.25, 0.3) is 5.91 Å². The molecule has 6 aliphatic rings. The summed E-state index contributed by atoms with van der Waals surface area (Å²) in [6.07, 6.45) is 4.45. The molecule has 1 amide bonds. The van der Waals surface area contributed by atoms with Gasteiger partial charge in [-0.25, -0.2) is 0 Å². The number of nitrogens with one attached hydrogen (secondary N) is 1. The first-order valence-corrected chi connectivity index (χ1v) is 13.8. The number of ether oxygens (including phenoxy) is 3. The quantitative estimate of drug-likeness (QED) is 0.591. The maximum atomic E-state index is 13.3. The molecule has 194 valence electrons. The standard InChI is InChI=1S/C30H34N2O5/c1-35-21-10-9-20-15-22-30(34)12-11-29(25(37-29)26(33)31-16-18-5-3-2-4-6-18)27-28(30,23(20)24(21)36-27)13-14-32(22)17-19-7-8-19/h2-6,9-10,19,22,25,27,34H,7-8,11-17H2,1H3,(H,31,33)/t22?,25-,27?,28?,29?,30?/m1/s1. The summed E-state index contributed by atoms with van der Waals surface area (Å²) >= 11 is 0. The smallest absolute Gasteiger partial charge is 0.252 e. The monoisotopic (exact) mass is 502 g/mol. The lowest BCUT2D eigenvalue weighted by Crippen LogP contribution is -2.78. The summed E-state index contributed by atoms with van der Waals surface area (Å²) in [6.45, 7) is 2.46. The van der Waals surface area contributed by atoms with Gasteiger partial charge in [-0.15, -0.1) is 0 Å². The van der Waals surface area contributed by atoms with Crippen LogP contribution in [0.1, 0.15) is 48.8 Å². The van der Waals surface area contributed by atoms with Gasteiger partial charge in [-0.3, -0.25) is 9.69 Å². The Labute approximate surface area is 217 Å². The molecule has 37 heavy (non-hydrogen) atoms. The fourth-order valence-corrected chi connectivity index (χ4v) is 8.39. The maximum absolute atomic E-state index is 13.3. The normalized spacial score (nSPS) is 38.6. The van der Waals surface area contributed by atoms with E-state index in [0.29, 0.717) is 25.1 Å². The van der Waals surface area contributed by atoms with Crippen LogP contribution in [0.4, 0.5) is 0 Å². The van der Waals surface area contributed by atoms with E-state index in [1.165, 1.54) is 18.4 Å². The lowest BCUT2D eigenvalue weighted by molar-refractivity contribution is -0.201. The van der Waals surface area contributed by atoms with Crippen LogP contribution in [0.25, 0.3) is 0 Å². The molecule has 2 spiro atoms. The van der Waals surface area contributed by atoms with Crippen molar-refractivity contribution in [3.8, 4) is 11.5 Å². The number of amides is 1. The zero-order valence-electron chi connectivity index (χ0n) is 21.2. The topological polar surface area (TPSA) is 83.6 Å². The first-order valence-electron chi connectivity index (χ1n) is 13.8. The molecule has 5 unspecified atom stereocenters. The molecule has 8 rings (SSSR count). The molecule has 2 saturated carbocycles. The summed E-state index contributed by atoms with van der Waals surface area (Å²) in [5, 5.41) is 15.8. The zero-order chi connectivity index (χ0) is 25.0. The van der Waals surface area contributed by atoms with Crippen molar-refractivity contribution in [1.29, 1.82) is 0 Å². The number of likely N-dealkylation sites (tertiary alicyclic amines) is 1. The Kier molecular flexibility index (Phi) is 4.53. The fraction of sp³-hybridized carbons (Fsp3) is 0.567. The van der Waals surface area contributed by atoms with Crippen molar-refractivity contribution in [1.82, 2.24) is 10.2 Å². The van der Waals surface area contributed by atoms with Crippen LogP contribution in [0.3, 0.4) is 0 Å². The highest BCUT2D eigenvalue weighted by atomic mass is 16.7. The molecule has 0 radical (unpaired) electrons. The van der Waals surface area contributed by atoms with Gasteiger partial charge in [0, 0.05) is 24.7 Å². The predicted octanol–water partition coefficient (Wildman–Crippen LogP) is 2.71. The molecule has 2 aromatic rings. The first kappa shape index (κ1) is 22.4. The number of carbonyl (C=O) groups excluding carboxylic acids is 1. The summed E-state index contributed by atoms with van der Waals surface area (Å²) in [5.74, 6) is 2.11. The van der Waals surface area contributed by atoms with Gasteiger partial charge in [-0.1, -0.05) is 36.4 Å². The van der Waals surface area contributed by atoms with E-state index in [2.05, 4.69) is 16.3 Å². The average molecular weight is 503 g/mol. The van der Waals surface area contributed by atoms with Crippen LogP contribution in [-0.2, 0) is 27.9 Å². The second-order valence-corrected chi connectivity index (χ2v) is 12.1. The van der Waals surface area contributed by atoms with Crippen LogP contribution in [0.15, 0.2) is 42.5 Å². The van der Waals surface area contributed by atoms with Gasteiger partial charge in [0.1, 0.15) is 11.7 Å². The van der Waals surface area contributed by atoms with E-state index in [0.717, 1.165) is 48.7 Å². The van der Waals surface area contributed by atoms with Crippen molar-refractivity contribution >= 4 is 5.91 Å². The Morgan fingerprint density at radius 2 is 2.00 bits per heavy atom. The number of rotatable bonds is 6. The van der Waals surface area contributed by atoms with Crippen LogP contribution >= 0.6 is 0 Å². The Morgan fingerprint density at radius 3 is 2.78 bits per heavy atom. The number of fused-ring (bicyclic) bond motifs is 1. The third kappa shape index (κ3) is 2.85. The van der Waals surface area contributed by atoms with Gasteiger partial charge in [-0.2, -0.15) is 0 Å². The Balaban J connectivity index is 1.17. The average Bonchev–Trinajstić information content (AvgIpc) is 3.83. The van der Waals surface area contributed by atoms with Crippen molar-refractivity contribution in [2.45, 2.75) is 79.9 Å². The Morgan fingerprint density at radius 1 is 1.16 bits per heavy atom. The summed E-state index contributed by atoms with van der Waals surface area (Å²) in [4.78, 5) is 15.9. The second kappa shape index (κ2) is 7.49. The zero-order valence-corrected chi connectivity index (χ0v) is 21.2.